The predicted molar refractivity (Wildman–Crippen MR) is 70.4 cm³/mol. The fourth-order valence-corrected chi connectivity index (χ4v) is 2.77. The molecule has 1 atom stereocenters. The van der Waals surface area contributed by atoms with Gasteiger partial charge in [-0.05, 0) is 37.1 Å². The lowest BCUT2D eigenvalue weighted by Crippen LogP contribution is -2.26. The van der Waals surface area contributed by atoms with Crippen LogP contribution >= 0.6 is 0 Å². The maximum absolute atomic E-state index is 11.9. The zero-order valence-electron chi connectivity index (χ0n) is 10.5. The molecule has 1 aromatic carbocycles. The zero-order chi connectivity index (χ0) is 14.6. The molecule has 2 N–H and O–H groups in total. The van der Waals surface area contributed by atoms with Gasteiger partial charge in [-0.3, -0.25) is 4.72 Å². The van der Waals surface area contributed by atoms with Crippen LogP contribution in [0.25, 0.3) is 0 Å². The number of carboxylic acids is 1. The fraction of sp³-hybridized carbons (Fsp3) is 0.333. The summed E-state index contributed by atoms with van der Waals surface area (Å²) in [5.41, 5.74) is 0.836. The van der Waals surface area contributed by atoms with Crippen LogP contribution in [0.2, 0.25) is 0 Å². The third-order valence-corrected chi connectivity index (χ3v) is 4.31. The van der Waals surface area contributed by atoms with E-state index in [1.165, 1.54) is 18.2 Å². The Kier molecular flexibility index (Phi) is 4.51. The van der Waals surface area contributed by atoms with Crippen molar-refractivity contribution in [2.45, 2.75) is 25.5 Å². The SMILES string of the molecule is CCC(C#N)S(=O)(=O)Nc1ccc(C(=O)O)cc1C. The number of sulfonamides is 1. The lowest BCUT2D eigenvalue weighted by atomic mass is 10.1. The number of anilines is 1. The van der Waals surface area contributed by atoms with Gasteiger partial charge in [0.25, 0.3) is 0 Å². The van der Waals surface area contributed by atoms with Crippen molar-refractivity contribution in [3.05, 3.63) is 29.3 Å². The topological polar surface area (TPSA) is 107 Å². The Hall–Kier alpha value is -2.07. The third-order valence-electron chi connectivity index (χ3n) is 2.61. The van der Waals surface area contributed by atoms with Crippen LogP contribution in [0.15, 0.2) is 18.2 Å². The van der Waals surface area contributed by atoms with E-state index in [2.05, 4.69) is 4.72 Å². The van der Waals surface area contributed by atoms with Gasteiger partial charge in [0.1, 0.15) is 0 Å². The summed E-state index contributed by atoms with van der Waals surface area (Å²) in [6.07, 6.45) is 0.179. The average Bonchev–Trinajstić information content (AvgIpc) is 2.32. The molecule has 0 saturated heterocycles. The predicted octanol–water partition coefficient (Wildman–Crippen LogP) is 1.74. The highest BCUT2D eigenvalue weighted by molar-refractivity contribution is 7.93. The van der Waals surface area contributed by atoms with Crippen molar-refractivity contribution in [3.63, 3.8) is 0 Å². The molecule has 0 aliphatic heterocycles. The van der Waals surface area contributed by atoms with Gasteiger partial charge in [0.05, 0.1) is 17.3 Å². The normalized spacial score (nSPS) is 12.5. The quantitative estimate of drug-likeness (QED) is 0.855. The van der Waals surface area contributed by atoms with Crippen LogP contribution in [0.1, 0.15) is 29.3 Å². The largest absolute Gasteiger partial charge is 0.478 e. The summed E-state index contributed by atoms with van der Waals surface area (Å²) in [4.78, 5) is 10.8. The van der Waals surface area contributed by atoms with E-state index in [1.807, 2.05) is 0 Å². The molecule has 0 aliphatic rings. The third kappa shape index (κ3) is 3.45. The van der Waals surface area contributed by atoms with Gasteiger partial charge in [-0.25, -0.2) is 13.2 Å². The fourth-order valence-electron chi connectivity index (χ4n) is 1.52. The molecule has 1 rings (SSSR count). The first kappa shape index (κ1) is 15.0. The summed E-state index contributed by atoms with van der Waals surface area (Å²) >= 11 is 0. The average molecular weight is 282 g/mol. The Labute approximate surface area is 111 Å². The van der Waals surface area contributed by atoms with Gasteiger partial charge in [0, 0.05) is 0 Å². The smallest absolute Gasteiger partial charge is 0.335 e. The molecule has 0 bridgehead atoms. The van der Waals surface area contributed by atoms with E-state index in [0.29, 0.717) is 5.56 Å². The summed E-state index contributed by atoms with van der Waals surface area (Å²) in [5.74, 6) is -1.08. The van der Waals surface area contributed by atoms with Gasteiger partial charge in [-0.2, -0.15) is 5.26 Å². The van der Waals surface area contributed by atoms with Crippen LogP contribution in [-0.2, 0) is 10.0 Å². The molecule has 0 fully saturated rings. The minimum absolute atomic E-state index is 0.0766. The van der Waals surface area contributed by atoms with Crippen LogP contribution in [0, 0.1) is 18.3 Å². The number of aromatic carboxylic acids is 1. The second-order valence-electron chi connectivity index (χ2n) is 4.01. The lowest BCUT2D eigenvalue weighted by Gasteiger charge is -2.13. The maximum Gasteiger partial charge on any atom is 0.335 e. The maximum atomic E-state index is 11.9. The summed E-state index contributed by atoms with van der Waals surface area (Å²) in [7, 11) is -3.79. The van der Waals surface area contributed by atoms with Crippen molar-refractivity contribution >= 4 is 21.7 Å². The lowest BCUT2D eigenvalue weighted by molar-refractivity contribution is 0.0697. The first-order chi connectivity index (χ1) is 8.81. The van der Waals surface area contributed by atoms with Crippen molar-refractivity contribution in [2.75, 3.05) is 4.72 Å². The number of carboxylic acid groups (broad SMARTS) is 1. The monoisotopic (exact) mass is 282 g/mol. The number of hydrogen-bond donors (Lipinski definition) is 2. The minimum Gasteiger partial charge on any atom is -0.478 e. The number of nitriles is 1. The van der Waals surface area contributed by atoms with Gasteiger partial charge >= 0.3 is 5.97 Å². The van der Waals surface area contributed by atoms with Crippen molar-refractivity contribution in [3.8, 4) is 6.07 Å². The zero-order valence-corrected chi connectivity index (χ0v) is 11.4. The summed E-state index contributed by atoms with van der Waals surface area (Å²) < 4.78 is 26.1. The molecule has 6 nitrogen and oxygen atoms in total. The van der Waals surface area contributed by atoms with E-state index in [-0.39, 0.29) is 17.7 Å². The number of benzene rings is 1. The second kappa shape index (κ2) is 5.71. The van der Waals surface area contributed by atoms with Gasteiger partial charge in [-0.1, -0.05) is 6.92 Å². The van der Waals surface area contributed by atoms with Gasteiger partial charge < -0.3 is 5.11 Å². The molecular weight excluding hydrogens is 268 g/mol. The Morgan fingerprint density at radius 3 is 2.58 bits per heavy atom. The molecular formula is C12H14N2O4S. The molecule has 7 heteroatoms. The van der Waals surface area contributed by atoms with E-state index in [9.17, 15) is 13.2 Å². The van der Waals surface area contributed by atoms with E-state index in [4.69, 9.17) is 10.4 Å². The number of nitrogens with zero attached hydrogens (tertiary/aromatic N) is 1. The summed E-state index contributed by atoms with van der Waals surface area (Å²) in [6.45, 7) is 3.20. The number of carbonyl (C=O) groups is 1. The van der Waals surface area contributed by atoms with E-state index in [0.717, 1.165) is 0 Å². The number of rotatable bonds is 5. The number of aryl methyl sites for hydroxylation is 1. The standard InChI is InChI=1S/C12H14N2O4S/c1-3-10(7-13)19(17,18)14-11-5-4-9(12(15)16)6-8(11)2/h4-6,10,14H,3H2,1-2H3,(H,15,16). The summed E-state index contributed by atoms with van der Waals surface area (Å²) in [5, 5.41) is 16.5. The molecule has 19 heavy (non-hydrogen) atoms. The minimum atomic E-state index is -3.79. The van der Waals surface area contributed by atoms with Crippen LogP contribution in [0.3, 0.4) is 0 Å². The molecule has 0 radical (unpaired) electrons. The molecule has 1 unspecified atom stereocenters. The van der Waals surface area contributed by atoms with Gasteiger partial charge in [-0.15, -0.1) is 0 Å². The van der Waals surface area contributed by atoms with Crippen LogP contribution in [0.4, 0.5) is 5.69 Å². The van der Waals surface area contributed by atoms with Gasteiger partial charge in [0.15, 0.2) is 5.25 Å². The Morgan fingerprint density at radius 1 is 1.53 bits per heavy atom. The van der Waals surface area contributed by atoms with E-state index < -0.39 is 21.2 Å². The van der Waals surface area contributed by atoms with Crippen molar-refractivity contribution in [2.24, 2.45) is 0 Å². The Morgan fingerprint density at radius 2 is 2.16 bits per heavy atom. The summed E-state index contributed by atoms with van der Waals surface area (Å²) in [6, 6.07) is 5.77. The highest BCUT2D eigenvalue weighted by Gasteiger charge is 2.23. The van der Waals surface area contributed by atoms with Crippen LogP contribution in [0.5, 0.6) is 0 Å². The second-order valence-corrected chi connectivity index (χ2v) is 5.87. The molecule has 0 amide bonds. The molecule has 102 valence electrons. The molecule has 0 spiro atoms. The van der Waals surface area contributed by atoms with E-state index in [1.54, 1.807) is 19.9 Å². The molecule has 1 aromatic rings. The Balaban J connectivity index is 3.08. The first-order valence-electron chi connectivity index (χ1n) is 5.57. The molecule has 0 heterocycles. The van der Waals surface area contributed by atoms with Crippen LogP contribution < -0.4 is 4.72 Å². The number of nitrogens with one attached hydrogen (secondary N) is 1. The van der Waals surface area contributed by atoms with Gasteiger partial charge in [0.2, 0.25) is 10.0 Å². The van der Waals surface area contributed by atoms with Crippen molar-refractivity contribution in [1.29, 1.82) is 5.26 Å². The van der Waals surface area contributed by atoms with Crippen LogP contribution in [-0.4, -0.2) is 24.7 Å². The van der Waals surface area contributed by atoms with E-state index >= 15 is 0 Å². The van der Waals surface area contributed by atoms with Crippen molar-refractivity contribution in [1.82, 2.24) is 0 Å². The highest BCUT2D eigenvalue weighted by atomic mass is 32.2. The molecule has 0 aliphatic carbocycles. The first-order valence-corrected chi connectivity index (χ1v) is 7.11. The molecule has 0 saturated carbocycles. The molecule has 0 aromatic heterocycles. The Bertz CT molecular complexity index is 632. The van der Waals surface area contributed by atoms with Crippen molar-refractivity contribution < 1.29 is 18.3 Å². The number of hydrogen-bond acceptors (Lipinski definition) is 4. The highest BCUT2D eigenvalue weighted by Crippen LogP contribution is 2.19.